The number of nitrogens with zero attached hydrogens (tertiary/aromatic N) is 2. The summed E-state index contributed by atoms with van der Waals surface area (Å²) in [6.07, 6.45) is 4.90. The Bertz CT molecular complexity index is 720. The van der Waals surface area contributed by atoms with Gasteiger partial charge in [-0.15, -0.1) is 0 Å². The van der Waals surface area contributed by atoms with Crippen LogP contribution in [-0.2, 0) is 13.6 Å². The Morgan fingerprint density at radius 2 is 2.33 bits per heavy atom. The number of aromatic nitrogens is 3. The molecule has 2 unspecified atom stereocenters. The third-order valence-corrected chi connectivity index (χ3v) is 4.44. The molecule has 1 aliphatic heterocycles. The zero-order valence-corrected chi connectivity index (χ0v) is 11.8. The van der Waals surface area contributed by atoms with Crippen LogP contribution in [0.5, 0.6) is 0 Å². The summed E-state index contributed by atoms with van der Waals surface area (Å²) < 4.78 is 23.3. The van der Waals surface area contributed by atoms with Crippen LogP contribution in [0.4, 0.5) is 5.82 Å². The smallest absolute Gasteiger partial charge is 0.313 e. The van der Waals surface area contributed by atoms with E-state index in [0.29, 0.717) is 6.42 Å². The van der Waals surface area contributed by atoms with Crippen molar-refractivity contribution in [1.82, 2.24) is 15.0 Å². The molecule has 0 saturated carbocycles. The van der Waals surface area contributed by atoms with Crippen LogP contribution < -0.4 is 10.8 Å². The van der Waals surface area contributed by atoms with Gasteiger partial charge in [0.2, 0.25) is 0 Å². The molecule has 21 heavy (non-hydrogen) atoms. The van der Waals surface area contributed by atoms with Crippen molar-refractivity contribution < 1.29 is 13.6 Å². The lowest BCUT2D eigenvalue weighted by Gasteiger charge is -2.29. The highest BCUT2D eigenvalue weighted by Gasteiger charge is 2.35. The predicted octanol–water partition coefficient (Wildman–Crippen LogP) is 1.86. The number of hydrogen-bond acceptors (Lipinski definition) is 6. The molecule has 2 atom stereocenters. The van der Waals surface area contributed by atoms with Crippen molar-refractivity contribution in [3.63, 3.8) is 0 Å². The van der Waals surface area contributed by atoms with Crippen molar-refractivity contribution in [2.45, 2.75) is 12.5 Å². The molecule has 0 aromatic carbocycles. The summed E-state index contributed by atoms with van der Waals surface area (Å²) in [5.74, 6) is 0.133. The van der Waals surface area contributed by atoms with Crippen LogP contribution in [0, 0.1) is 0 Å². The van der Waals surface area contributed by atoms with Gasteiger partial charge in [-0.1, -0.05) is 6.07 Å². The average molecular weight is 308 g/mol. The number of anilines is 1. The van der Waals surface area contributed by atoms with Crippen molar-refractivity contribution >= 4 is 13.6 Å². The van der Waals surface area contributed by atoms with Gasteiger partial charge in [-0.2, -0.15) is 4.98 Å². The highest BCUT2D eigenvalue weighted by molar-refractivity contribution is 7.55. The SMILES string of the molecule is O=c1nc(NP2(=O)OCCC(c3cccnc3)O2)cc[nH]1. The Balaban J connectivity index is 1.78. The van der Waals surface area contributed by atoms with Gasteiger partial charge >= 0.3 is 13.4 Å². The topological polar surface area (TPSA) is 106 Å². The summed E-state index contributed by atoms with van der Waals surface area (Å²) in [6.45, 7) is 0.271. The lowest BCUT2D eigenvalue weighted by Crippen LogP contribution is -2.19. The first kappa shape index (κ1) is 13.9. The molecule has 3 rings (SSSR count). The number of rotatable bonds is 3. The van der Waals surface area contributed by atoms with Gasteiger partial charge in [0.15, 0.2) is 0 Å². The molecule has 1 aliphatic rings. The number of hydrogen-bond donors (Lipinski definition) is 2. The highest BCUT2D eigenvalue weighted by atomic mass is 31.2. The van der Waals surface area contributed by atoms with Crippen LogP contribution in [0.3, 0.4) is 0 Å². The number of aromatic amines is 1. The first-order chi connectivity index (χ1) is 10.1. The van der Waals surface area contributed by atoms with Gasteiger partial charge in [0.1, 0.15) is 5.82 Å². The summed E-state index contributed by atoms with van der Waals surface area (Å²) >= 11 is 0. The maximum Gasteiger partial charge on any atom is 0.434 e. The number of nitrogens with one attached hydrogen (secondary N) is 2. The van der Waals surface area contributed by atoms with E-state index in [2.05, 4.69) is 20.0 Å². The summed E-state index contributed by atoms with van der Waals surface area (Å²) in [5.41, 5.74) is 0.272. The molecular formula is C12H13N4O4P. The molecule has 9 heteroatoms. The Kier molecular flexibility index (Phi) is 3.83. The molecule has 1 saturated heterocycles. The summed E-state index contributed by atoms with van der Waals surface area (Å²) in [7, 11) is -3.57. The van der Waals surface area contributed by atoms with E-state index in [4.69, 9.17) is 9.05 Å². The van der Waals surface area contributed by atoms with E-state index in [1.165, 1.54) is 12.3 Å². The Labute approximate surface area is 120 Å². The number of pyridine rings is 1. The standard InChI is InChI=1S/C12H13N4O4P/c17-12-14-6-3-11(15-12)16-21(18)19-7-4-10(20-21)9-2-1-5-13-8-9/h1-3,5-6,8,10H,4,7H2,(H2,14,15,16,17,18). The fraction of sp³-hybridized carbons (Fsp3) is 0.250. The van der Waals surface area contributed by atoms with Gasteiger partial charge in [-0.05, 0) is 17.7 Å². The minimum absolute atomic E-state index is 0.133. The average Bonchev–Trinajstić information content (AvgIpc) is 2.48. The van der Waals surface area contributed by atoms with E-state index < -0.39 is 13.4 Å². The summed E-state index contributed by atoms with van der Waals surface area (Å²) in [6, 6.07) is 5.10. The van der Waals surface area contributed by atoms with Crippen LogP contribution in [0.1, 0.15) is 18.1 Å². The van der Waals surface area contributed by atoms with Crippen molar-refractivity contribution in [2.24, 2.45) is 0 Å². The predicted molar refractivity (Wildman–Crippen MR) is 74.7 cm³/mol. The Morgan fingerprint density at radius 1 is 1.43 bits per heavy atom. The third kappa shape index (κ3) is 3.36. The van der Waals surface area contributed by atoms with Crippen LogP contribution in [0.2, 0.25) is 0 Å². The van der Waals surface area contributed by atoms with Gasteiger partial charge in [-0.3, -0.25) is 19.1 Å². The van der Waals surface area contributed by atoms with Crippen molar-refractivity contribution in [1.29, 1.82) is 0 Å². The second-order valence-corrected chi connectivity index (χ2v) is 6.08. The van der Waals surface area contributed by atoms with Gasteiger partial charge in [0.05, 0.1) is 12.7 Å². The molecule has 3 heterocycles. The molecule has 0 spiro atoms. The molecule has 1 fully saturated rings. The van der Waals surface area contributed by atoms with Gasteiger partial charge < -0.3 is 4.98 Å². The van der Waals surface area contributed by atoms with E-state index in [1.807, 2.05) is 6.07 Å². The van der Waals surface area contributed by atoms with Crippen molar-refractivity contribution in [3.05, 3.63) is 52.8 Å². The minimum atomic E-state index is -3.57. The van der Waals surface area contributed by atoms with Crippen LogP contribution in [-0.4, -0.2) is 21.6 Å². The van der Waals surface area contributed by atoms with E-state index >= 15 is 0 Å². The monoisotopic (exact) mass is 308 g/mol. The highest BCUT2D eigenvalue weighted by Crippen LogP contribution is 2.55. The lowest BCUT2D eigenvalue weighted by molar-refractivity contribution is 0.0840. The van der Waals surface area contributed by atoms with Crippen LogP contribution in [0.15, 0.2) is 41.6 Å². The first-order valence-corrected chi connectivity index (χ1v) is 7.86. The number of H-pyrrole nitrogens is 1. The van der Waals surface area contributed by atoms with Gasteiger partial charge in [0, 0.05) is 25.0 Å². The molecular weight excluding hydrogens is 295 g/mol. The van der Waals surface area contributed by atoms with Crippen LogP contribution in [0.25, 0.3) is 0 Å². The second-order valence-electron chi connectivity index (χ2n) is 4.39. The first-order valence-electron chi connectivity index (χ1n) is 6.32. The van der Waals surface area contributed by atoms with E-state index in [-0.39, 0.29) is 18.5 Å². The molecule has 2 aromatic rings. The molecule has 110 valence electrons. The Hall–Kier alpha value is -2.02. The fourth-order valence-electron chi connectivity index (χ4n) is 1.96. The summed E-state index contributed by atoms with van der Waals surface area (Å²) in [4.78, 5) is 21.2. The second kappa shape index (κ2) is 5.77. The molecule has 0 bridgehead atoms. The van der Waals surface area contributed by atoms with Crippen LogP contribution >= 0.6 is 7.75 Å². The van der Waals surface area contributed by atoms with Gasteiger partial charge in [-0.25, -0.2) is 9.36 Å². The largest absolute Gasteiger partial charge is 0.434 e. The molecule has 0 radical (unpaired) electrons. The molecule has 2 aromatic heterocycles. The quantitative estimate of drug-likeness (QED) is 0.833. The van der Waals surface area contributed by atoms with Crippen molar-refractivity contribution in [2.75, 3.05) is 11.7 Å². The fourth-order valence-corrected chi connectivity index (χ4v) is 3.45. The molecule has 2 N–H and O–H groups in total. The molecule has 8 nitrogen and oxygen atoms in total. The normalized spacial score (nSPS) is 25.4. The zero-order chi connectivity index (χ0) is 14.7. The molecule has 0 aliphatic carbocycles. The van der Waals surface area contributed by atoms with E-state index in [9.17, 15) is 9.36 Å². The third-order valence-electron chi connectivity index (χ3n) is 2.88. The maximum absolute atomic E-state index is 12.6. The zero-order valence-electron chi connectivity index (χ0n) is 10.9. The lowest BCUT2D eigenvalue weighted by atomic mass is 10.1. The molecule has 0 amide bonds. The van der Waals surface area contributed by atoms with E-state index in [0.717, 1.165) is 5.56 Å². The minimum Gasteiger partial charge on any atom is -0.313 e. The Morgan fingerprint density at radius 3 is 3.10 bits per heavy atom. The maximum atomic E-state index is 12.6. The summed E-state index contributed by atoms with van der Waals surface area (Å²) in [5, 5.41) is 2.56. The van der Waals surface area contributed by atoms with E-state index in [1.54, 1.807) is 18.5 Å². The van der Waals surface area contributed by atoms with Crippen molar-refractivity contribution in [3.8, 4) is 0 Å². The van der Waals surface area contributed by atoms with Gasteiger partial charge in [0.25, 0.3) is 0 Å².